The molecule has 12 rings (SSSR count). The van der Waals surface area contributed by atoms with Gasteiger partial charge in [-0.25, -0.2) is 39.1 Å². The molecule has 0 aliphatic carbocycles. The second kappa shape index (κ2) is 25.4. The van der Waals surface area contributed by atoms with Crippen LogP contribution in [-0.2, 0) is 49.6 Å². The number of rotatable bonds is 16. The standard InChI is InChI=1S/2C33H30N4O2.C4H4O4/c2*1-4-9-30-35-31-21(2)18-24(32-34-27-12-7-8-13-28(27)36(32)3)19-29(31)37(30)20-22-14-16-23(17-15-22)25-10-5-6-11-26(25)33(38)39;5-3(6)1-2-4(7)8/h2*5-8,10-19H,4,9,20H2,1-3H3,(H,38,39);1-2H,(H,5,6)(H,7,8)/b;;2-1+. The first-order valence-electron chi connectivity index (χ1n) is 28.3. The third-order valence-corrected chi connectivity index (χ3v) is 15.2. The number of fused-ring (bicyclic) bond motifs is 4. The minimum atomic E-state index is -1.26. The number of hydrogen-bond donors (Lipinski definition) is 4. The molecule has 0 unspecified atom stereocenters. The van der Waals surface area contributed by atoms with Crippen molar-refractivity contribution >= 4 is 68.0 Å². The molecule has 0 fully saturated rings. The number of aromatic nitrogens is 8. The Kier molecular flexibility index (Phi) is 17.3. The van der Waals surface area contributed by atoms with Crippen LogP contribution in [0.5, 0.6) is 0 Å². The van der Waals surface area contributed by atoms with Crippen molar-refractivity contribution in [2.24, 2.45) is 14.1 Å². The number of para-hydroxylation sites is 4. The van der Waals surface area contributed by atoms with E-state index >= 15 is 0 Å². The summed E-state index contributed by atoms with van der Waals surface area (Å²) >= 11 is 0. The van der Waals surface area contributed by atoms with E-state index in [9.17, 15) is 29.4 Å². The Hall–Kier alpha value is -10.7. The van der Waals surface area contributed by atoms with Gasteiger partial charge < -0.3 is 38.7 Å². The van der Waals surface area contributed by atoms with Crippen LogP contribution in [0.25, 0.3) is 89.2 Å². The van der Waals surface area contributed by atoms with Crippen LogP contribution in [0.2, 0.25) is 0 Å². The molecule has 0 saturated heterocycles. The predicted octanol–water partition coefficient (Wildman–Crippen LogP) is 14.2. The van der Waals surface area contributed by atoms with E-state index in [0.717, 1.165) is 149 Å². The van der Waals surface area contributed by atoms with Gasteiger partial charge in [-0.2, -0.15) is 0 Å². The van der Waals surface area contributed by atoms with E-state index in [0.29, 0.717) is 36.4 Å². The molecule has 16 nitrogen and oxygen atoms in total. The molecule has 16 heteroatoms. The molecule has 8 aromatic carbocycles. The van der Waals surface area contributed by atoms with Crippen molar-refractivity contribution in [1.29, 1.82) is 0 Å². The summed E-state index contributed by atoms with van der Waals surface area (Å²) < 4.78 is 8.94. The molecule has 86 heavy (non-hydrogen) atoms. The maximum absolute atomic E-state index is 11.7. The molecule has 4 aromatic heterocycles. The van der Waals surface area contributed by atoms with Crippen molar-refractivity contribution in [3.63, 3.8) is 0 Å². The number of aryl methyl sites for hydroxylation is 6. The Morgan fingerprint density at radius 3 is 1.14 bits per heavy atom. The summed E-state index contributed by atoms with van der Waals surface area (Å²) in [6.45, 7) is 9.95. The molecule has 0 spiro atoms. The van der Waals surface area contributed by atoms with Crippen molar-refractivity contribution in [1.82, 2.24) is 38.2 Å². The van der Waals surface area contributed by atoms with Crippen LogP contribution in [0, 0.1) is 13.8 Å². The van der Waals surface area contributed by atoms with Crippen LogP contribution >= 0.6 is 0 Å². The zero-order valence-corrected chi connectivity index (χ0v) is 48.6. The number of hydrogen-bond acceptors (Lipinski definition) is 8. The van der Waals surface area contributed by atoms with Gasteiger partial charge in [0.25, 0.3) is 0 Å². The molecule has 0 atom stereocenters. The van der Waals surface area contributed by atoms with E-state index in [1.807, 2.05) is 84.9 Å². The predicted molar refractivity (Wildman–Crippen MR) is 337 cm³/mol. The fourth-order valence-corrected chi connectivity index (χ4v) is 11.1. The highest BCUT2D eigenvalue weighted by Crippen LogP contribution is 2.34. The Morgan fingerprint density at radius 1 is 0.430 bits per heavy atom. The van der Waals surface area contributed by atoms with Gasteiger partial charge in [0.15, 0.2) is 0 Å². The molecular formula is C70H64N8O8. The lowest BCUT2D eigenvalue weighted by molar-refractivity contribution is -0.134. The molecular weight excluding hydrogens is 1080 g/mol. The highest BCUT2D eigenvalue weighted by molar-refractivity contribution is 5.97. The molecule has 0 amide bonds. The molecule has 0 bridgehead atoms. The summed E-state index contributed by atoms with van der Waals surface area (Å²) in [6.07, 6.45) is 4.90. The number of benzene rings is 8. The van der Waals surface area contributed by atoms with E-state index in [-0.39, 0.29) is 0 Å². The molecule has 0 saturated carbocycles. The van der Waals surface area contributed by atoms with Gasteiger partial charge >= 0.3 is 23.9 Å². The summed E-state index contributed by atoms with van der Waals surface area (Å²) in [4.78, 5) is 62.5. The molecule has 4 heterocycles. The van der Waals surface area contributed by atoms with Crippen LogP contribution in [0.1, 0.15) is 81.3 Å². The van der Waals surface area contributed by atoms with Crippen molar-refractivity contribution in [3.05, 3.63) is 227 Å². The first kappa shape index (κ1) is 58.5. The first-order chi connectivity index (χ1) is 41.5. The maximum Gasteiger partial charge on any atom is 0.336 e. The highest BCUT2D eigenvalue weighted by atomic mass is 16.4. The third-order valence-electron chi connectivity index (χ3n) is 15.2. The van der Waals surface area contributed by atoms with E-state index < -0.39 is 23.9 Å². The summed E-state index contributed by atoms with van der Waals surface area (Å²) in [5.41, 5.74) is 18.9. The van der Waals surface area contributed by atoms with Gasteiger partial charge in [0.2, 0.25) is 0 Å². The van der Waals surface area contributed by atoms with Crippen molar-refractivity contribution < 1.29 is 39.6 Å². The zero-order valence-electron chi connectivity index (χ0n) is 48.6. The average Bonchev–Trinajstić information content (AvgIpc) is 2.12. The second-order valence-corrected chi connectivity index (χ2v) is 21.1. The van der Waals surface area contributed by atoms with Gasteiger partial charge in [-0.3, -0.25) is 0 Å². The highest BCUT2D eigenvalue weighted by Gasteiger charge is 2.21. The molecule has 0 aliphatic heterocycles. The number of aliphatic carboxylic acids is 2. The lowest BCUT2D eigenvalue weighted by Crippen LogP contribution is -2.05. The molecule has 12 aromatic rings. The Balaban J connectivity index is 0.000000169. The van der Waals surface area contributed by atoms with Crippen LogP contribution in [0.3, 0.4) is 0 Å². The lowest BCUT2D eigenvalue weighted by atomic mass is 9.98. The van der Waals surface area contributed by atoms with Crippen LogP contribution < -0.4 is 0 Å². The summed E-state index contributed by atoms with van der Waals surface area (Å²) in [6, 6.07) is 55.8. The van der Waals surface area contributed by atoms with Crippen molar-refractivity contribution in [3.8, 4) is 45.0 Å². The normalized spacial score (nSPS) is 11.3. The molecule has 4 N–H and O–H groups in total. The average molecular weight is 1150 g/mol. The number of carbonyl (C=O) groups is 4. The number of carboxylic acids is 4. The number of aromatic carboxylic acids is 2. The SMILES string of the molecule is CCCc1nc2c(C)cc(-c3nc4ccccc4n3C)cc2n1Cc1ccc(-c2ccccc2C(=O)O)cc1.CCCc1nc2c(C)cc(-c3nc4ccccc4n3C)cc2n1Cc1ccc(-c2ccccc2C(=O)O)cc1.O=C(O)/C=C/C(=O)O. The Bertz CT molecular complexity index is 4280. The number of imidazole rings is 4. The lowest BCUT2D eigenvalue weighted by Gasteiger charge is -2.12. The van der Waals surface area contributed by atoms with Crippen LogP contribution in [0.4, 0.5) is 0 Å². The minimum Gasteiger partial charge on any atom is -0.478 e. The van der Waals surface area contributed by atoms with Crippen LogP contribution in [-0.4, -0.2) is 82.5 Å². The largest absolute Gasteiger partial charge is 0.478 e. The van der Waals surface area contributed by atoms with Gasteiger partial charge in [-0.1, -0.05) is 123 Å². The van der Waals surface area contributed by atoms with Gasteiger partial charge in [-0.15, -0.1) is 0 Å². The number of nitrogens with zero attached hydrogens (tertiary/aromatic N) is 8. The zero-order chi connectivity index (χ0) is 60.8. The summed E-state index contributed by atoms with van der Waals surface area (Å²) in [5, 5.41) is 34.8. The molecule has 0 aliphatic rings. The van der Waals surface area contributed by atoms with Crippen molar-refractivity contribution in [2.45, 2.75) is 66.5 Å². The van der Waals surface area contributed by atoms with E-state index in [2.05, 4.69) is 121 Å². The fraction of sp³-hybridized carbons (Fsp3) is 0.171. The van der Waals surface area contributed by atoms with Gasteiger partial charge in [0.05, 0.1) is 55.3 Å². The van der Waals surface area contributed by atoms with Crippen LogP contribution in [0.15, 0.2) is 182 Å². The minimum absolute atomic E-state index is 0.307. The van der Waals surface area contributed by atoms with E-state index in [1.54, 1.807) is 24.3 Å². The maximum atomic E-state index is 11.7. The fourth-order valence-electron chi connectivity index (χ4n) is 11.1. The Labute approximate surface area is 496 Å². The molecule has 0 radical (unpaired) electrons. The van der Waals surface area contributed by atoms with Crippen molar-refractivity contribution in [2.75, 3.05) is 0 Å². The van der Waals surface area contributed by atoms with Gasteiger partial charge in [0, 0.05) is 63.3 Å². The van der Waals surface area contributed by atoms with E-state index in [1.165, 1.54) is 0 Å². The number of carboxylic acid groups (broad SMARTS) is 4. The smallest absolute Gasteiger partial charge is 0.336 e. The Morgan fingerprint density at radius 2 is 0.791 bits per heavy atom. The summed E-state index contributed by atoms with van der Waals surface area (Å²) in [7, 11) is 4.13. The first-order valence-corrected chi connectivity index (χ1v) is 28.3. The van der Waals surface area contributed by atoms with Gasteiger partial charge in [0.1, 0.15) is 23.3 Å². The monoisotopic (exact) mass is 1140 g/mol. The van der Waals surface area contributed by atoms with Gasteiger partial charge in [-0.05, 0) is 132 Å². The van der Waals surface area contributed by atoms with E-state index in [4.69, 9.17) is 30.1 Å². The third kappa shape index (κ3) is 12.3. The summed E-state index contributed by atoms with van der Waals surface area (Å²) in [5.74, 6) is -0.345. The second-order valence-electron chi connectivity index (χ2n) is 21.1. The molecule has 432 valence electrons. The topological polar surface area (TPSA) is 220 Å². The quantitative estimate of drug-likeness (QED) is 0.0664.